The van der Waals surface area contributed by atoms with Gasteiger partial charge in [-0.15, -0.1) is 0 Å². The Labute approximate surface area is 69.8 Å². The lowest BCUT2D eigenvalue weighted by Crippen LogP contribution is -2.21. The monoisotopic (exact) mass is 170 g/mol. The highest BCUT2D eigenvalue weighted by atomic mass is 16.6. The lowest BCUT2D eigenvalue weighted by Gasteiger charge is -2.10. The van der Waals surface area contributed by atoms with E-state index in [4.69, 9.17) is 4.74 Å². The second-order valence-electron chi connectivity index (χ2n) is 3.01. The van der Waals surface area contributed by atoms with Gasteiger partial charge in [-0.2, -0.15) is 0 Å². The van der Waals surface area contributed by atoms with Crippen LogP contribution in [0.25, 0.3) is 0 Å². The van der Waals surface area contributed by atoms with Crippen LogP contribution in [-0.2, 0) is 14.3 Å². The van der Waals surface area contributed by atoms with Crippen molar-refractivity contribution >= 4 is 5.97 Å². The zero-order valence-electron chi connectivity index (χ0n) is 6.69. The average molecular weight is 170 g/mol. The maximum absolute atomic E-state index is 11.1. The zero-order chi connectivity index (χ0) is 8.72. The molecule has 1 aliphatic carbocycles. The first-order chi connectivity index (χ1) is 5.72. The highest BCUT2D eigenvalue weighted by Gasteiger charge is 2.48. The van der Waals surface area contributed by atoms with Crippen LogP contribution in [0.5, 0.6) is 0 Å². The SMILES string of the molecule is COC(=O)C1=C[C@H](O)C[C@@H]2O[C@H]12. The molecule has 0 spiro atoms. The van der Waals surface area contributed by atoms with Gasteiger partial charge in [0.25, 0.3) is 0 Å². The summed E-state index contributed by atoms with van der Waals surface area (Å²) in [5.74, 6) is -0.402. The number of aliphatic hydroxyl groups is 1. The van der Waals surface area contributed by atoms with Crippen LogP contribution in [0.2, 0.25) is 0 Å². The van der Waals surface area contributed by atoms with Crippen LogP contribution in [0, 0.1) is 0 Å². The molecular weight excluding hydrogens is 160 g/mol. The summed E-state index contributed by atoms with van der Waals surface area (Å²) in [6.45, 7) is 0. The Morgan fingerprint density at radius 3 is 3.25 bits per heavy atom. The van der Waals surface area contributed by atoms with Crippen LogP contribution >= 0.6 is 0 Å². The molecule has 1 N–H and O–H groups in total. The molecule has 0 radical (unpaired) electrons. The van der Waals surface area contributed by atoms with Gasteiger partial charge in [-0.25, -0.2) is 4.79 Å². The largest absolute Gasteiger partial charge is 0.466 e. The smallest absolute Gasteiger partial charge is 0.336 e. The van der Waals surface area contributed by atoms with E-state index in [1.807, 2.05) is 0 Å². The van der Waals surface area contributed by atoms with Crippen molar-refractivity contribution < 1.29 is 19.4 Å². The molecule has 66 valence electrons. The standard InChI is InChI=1S/C8H10O4/c1-11-8(10)5-2-4(9)3-6-7(5)12-6/h2,4,6-7,9H,3H2,1H3/t4-,6-,7+/m0/s1. The Bertz CT molecular complexity index is 245. The summed E-state index contributed by atoms with van der Waals surface area (Å²) in [6, 6.07) is 0. The lowest BCUT2D eigenvalue weighted by atomic mass is 9.98. The molecule has 0 aromatic carbocycles. The molecule has 0 bridgehead atoms. The molecule has 0 aromatic rings. The van der Waals surface area contributed by atoms with Gasteiger partial charge in [0.2, 0.25) is 0 Å². The van der Waals surface area contributed by atoms with Gasteiger partial charge in [-0.1, -0.05) is 0 Å². The van der Waals surface area contributed by atoms with Crippen molar-refractivity contribution in [2.45, 2.75) is 24.7 Å². The molecule has 4 nitrogen and oxygen atoms in total. The summed E-state index contributed by atoms with van der Waals surface area (Å²) in [4.78, 5) is 11.1. The summed E-state index contributed by atoms with van der Waals surface area (Å²) < 4.78 is 9.69. The van der Waals surface area contributed by atoms with E-state index >= 15 is 0 Å². The summed E-state index contributed by atoms with van der Waals surface area (Å²) in [5, 5.41) is 9.26. The van der Waals surface area contributed by atoms with Gasteiger partial charge < -0.3 is 14.6 Å². The van der Waals surface area contributed by atoms with Gasteiger partial charge in [0.1, 0.15) is 6.10 Å². The molecular formula is C8H10O4. The summed E-state index contributed by atoms with van der Waals surface area (Å²) in [5.41, 5.74) is 0.459. The number of carbonyl (C=O) groups is 1. The van der Waals surface area contributed by atoms with E-state index in [1.165, 1.54) is 13.2 Å². The molecule has 0 unspecified atom stereocenters. The molecule has 0 amide bonds. The number of fused-ring (bicyclic) bond motifs is 1. The van der Waals surface area contributed by atoms with E-state index in [0.717, 1.165) is 0 Å². The fourth-order valence-corrected chi connectivity index (χ4v) is 1.51. The van der Waals surface area contributed by atoms with Crippen molar-refractivity contribution in [1.82, 2.24) is 0 Å². The highest BCUT2D eigenvalue weighted by Crippen LogP contribution is 2.37. The van der Waals surface area contributed by atoms with Crippen LogP contribution in [0.15, 0.2) is 11.6 Å². The molecule has 1 saturated heterocycles. The number of rotatable bonds is 1. The third-order valence-corrected chi connectivity index (χ3v) is 2.16. The third kappa shape index (κ3) is 1.13. The quantitative estimate of drug-likeness (QED) is 0.430. The maximum atomic E-state index is 11.1. The van der Waals surface area contributed by atoms with Crippen LogP contribution < -0.4 is 0 Å². The number of esters is 1. The molecule has 3 atom stereocenters. The molecule has 1 aliphatic heterocycles. The third-order valence-electron chi connectivity index (χ3n) is 2.16. The van der Waals surface area contributed by atoms with Gasteiger partial charge in [0.15, 0.2) is 0 Å². The topological polar surface area (TPSA) is 59.1 Å². The zero-order valence-corrected chi connectivity index (χ0v) is 6.69. The number of aliphatic hydroxyl groups excluding tert-OH is 1. The molecule has 4 heteroatoms. The maximum Gasteiger partial charge on any atom is 0.336 e. The van der Waals surface area contributed by atoms with Crippen molar-refractivity contribution in [3.63, 3.8) is 0 Å². The van der Waals surface area contributed by atoms with Crippen LogP contribution in [0.4, 0.5) is 0 Å². The van der Waals surface area contributed by atoms with Crippen LogP contribution in [-0.4, -0.2) is 36.5 Å². The fourth-order valence-electron chi connectivity index (χ4n) is 1.51. The van der Waals surface area contributed by atoms with Gasteiger partial charge >= 0.3 is 5.97 Å². The number of hydrogen-bond acceptors (Lipinski definition) is 4. The summed E-state index contributed by atoms with van der Waals surface area (Å²) in [6.07, 6.45) is 1.44. The van der Waals surface area contributed by atoms with Crippen molar-refractivity contribution in [3.8, 4) is 0 Å². The highest BCUT2D eigenvalue weighted by molar-refractivity contribution is 5.90. The Morgan fingerprint density at radius 1 is 1.83 bits per heavy atom. The van der Waals surface area contributed by atoms with E-state index in [0.29, 0.717) is 12.0 Å². The normalized spacial score (nSPS) is 38.2. The molecule has 2 rings (SSSR count). The lowest BCUT2D eigenvalue weighted by molar-refractivity contribution is -0.136. The van der Waals surface area contributed by atoms with Crippen molar-refractivity contribution in [3.05, 3.63) is 11.6 Å². The minimum atomic E-state index is -0.567. The molecule has 1 heterocycles. The minimum Gasteiger partial charge on any atom is -0.466 e. The minimum absolute atomic E-state index is 0.0269. The molecule has 1 fully saturated rings. The van der Waals surface area contributed by atoms with Gasteiger partial charge in [0, 0.05) is 6.42 Å². The van der Waals surface area contributed by atoms with Gasteiger partial charge in [-0.3, -0.25) is 0 Å². The van der Waals surface area contributed by atoms with E-state index in [1.54, 1.807) is 0 Å². The Balaban J connectivity index is 2.17. The van der Waals surface area contributed by atoms with Crippen molar-refractivity contribution in [2.75, 3.05) is 7.11 Å². The van der Waals surface area contributed by atoms with Crippen LogP contribution in [0.1, 0.15) is 6.42 Å². The van der Waals surface area contributed by atoms with Crippen molar-refractivity contribution in [2.24, 2.45) is 0 Å². The first-order valence-corrected chi connectivity index (χ1v) is 3.86. The summed E-state index contributed by atoms with van der Waals surface area (Å²) >= 11 is 0. The first kappa shape index (κ1) is 7.76. The second-order valence-corrected chi connectivity index (χ2v) is 3.01. The van der Waals surface area contributed by atoms with E-state index in [-0.39, 0.29) is 12.2 Å². The Hall–Kier alpha value is -0.870. The van der Waals surface area contributed by atoms with E-state index in [9.17, 15) is 9.90 Å². The van der Waals surface area contributed by atoms with E-state index in [2.05, 4.69) is 4.74 Å². The average Bonchev–Trinajstić information content (AvgIpc) is 2.80. The predicted molar refractivity (Wildman–Crippen MR) is 39.4 cm³/mol. The first-order valence-electron chi connectivity index (χ1n) is 3.86. The predicted octanol–water partition coefficient (Wildman–Crippen LogP) is -0.382. The van der Waals surface area contributed by atoms with Crippen LogP contribution in [0.3, 0.4) is 0 Å². The van der Waals surface area contributed by atoms with Gasteiger partial charge in [-0.05, 0) is 6.08 Å². The molecule has 2 aliphatic rings. The number of ether oxygens (including phenoxy) is 2. The second kappa shape index (κ2) is 2.57. The Kier molecular flexibility index (Phi) is 1.66. The summed E-state index contributed by atoms with van der Waals surface area (Å²) in [7, 11) is 1.32. The number of hydrogen-bond donors (Lipinski definition) is 1. The van der Waals surface area contributed by atoms with Gasteiger partial charge in [0.05, 0.1) is 24.9 Å². The number of carbonyl (C=O) groups excluding carboxylic acids is 1. The molecule has 12 heavy (non-hydrogen) atoms. The van der Waals surface area contributed by atoms with Crippen molar-refractivity contribution in [1.29, 1.82) is 0 Å². The number of epoxide rings is 1. The molecule has 0 aromatic heterocycles. The molecule has 0 saturated carbocycles. The number of methoxy groups -OCH3 is 1. The van der Waals surface area contributed by atoms with E-state index < -0.39 is 12.1 Å². The fraction of sp³-hybridized carbons (Fsp3) is 0.625. The Morgan fingerprint density at radius 2 is 2.58 bits per heavy atom.